The number of fused-ring (bicyclic) bond motifs is 1. The molecule has 3 rings (SSSR count). The molecule has 0 saturated heterocycles. The summed E-state index contributed by atoms with van der Waals surface area (Å²) in [5, 5.41) is 4.23. The van der Waals surface area contributed by atoms with E-state index in [0.29, 0.717) is 29.7 Å². The number of rotatable bonds is 6. The van der Waals surface area contributed by atoms with Crippen molar-refractivity contribution in [2.75, 3.05) is 26.6 Å². The minimum absolute atomic E-state index is 0.537. The zero-order valence-electron chi connectivity index (χ0n) is 13.9. The molecule has 0 atom stereocenters. The van der Waals surface area contributed by atoms with Crippen molar-refractivity contribution >= 4 is 16.9 Å². The third kappa shape index (κ3) is 3.17. The highest BCUT2D eigenvalue weighted by molar-refractivity contribution is 5.78. The fourth-order valence-corrected chi connectivity index (χ4v) is 2.48. The molecule has 6 nitrogen and oxygen atoms in total. The summed E-state index contributed by atoms with van der Waals surface area (Å²) in [5.41, 5.74) is 1.88. The van der Waals surface area contributed by atoms with Crippen molar-refractivity contribution < 1.29 is 14.2 Å². The van der Waals surface area contributed by atoms with Crippen LogP contribution in [0.25, 0.3) is 10.9 Å². The summed E-state index contributed by atoms with van der Waals surface area (Å²) < 4.78 is 16.1. The van der Waals surface area contributed by atoms with Crippen LogP contribution < -0.4 is 19.5 Å². The minimum atomic E-state index is 0.537. The predicted octanol–water partition coefficient (Wildman–Crippen LogP) is 3.27. The smallest absolute Gasteiger partial charge is 0.223 e. The molecule has 0 aliphatic rings. The number of ether oxygens (including phenoxy) is 3. The predicted molar refractivity (Wildman–Crippen MR) is 93.0 cm³/mol. The van der Waals surface area contributed by atoms with Crippen LogP contribution in [-0.4, -0.2) is 31.3 Å². The quantitative estimate of drug-likeness (QED) is 0.750. The number of para-hydroxylation sites is 1. The first-order valence-corrected chi connectivity index (χ1v) is 7.49. The Bertz CT molecular complexity index is 827. The molecule has 1 N–H and O–H groups in total. The van der Waals surface area contributed by atoms with E-state index < -0.39 is 0 Å². The Hall–Kier alpha value is -3.02. The molecule has 0 spiro atoms. The van der Waals surface area contributed by atoms with Gasteiger partial charge in [0.2, 0.25) is 11.7 Å². The van der Waals surface area contributed by atoms with E-state index in [-0.39, 0.29) is 0 Å². The fraction of sp³-hybridized carbons (Fsp3) is 0.222. The van der Waals surface area contributed by atoms with Gasteiger partial charge in [-0.15, -0.1) is 0 Å². The molecule has 24 heavy (non-hydrogen) atoms. The molecule has 0 saturated carbocycles. The van der Waals surface area contributed by atoms with Gasteiger partial charge in [0.1, 0.15) is 0 Å². The zero-order chi connectivity index (χ0) is 16.9. The van der Waals surface area contributed by atoms with Gasteiger partial charge in [0, 0.05) is 18.1 Å². The molecule has 0 amide bonds. The van der Waals surface area contributed by atoms with Gasteiger partial charge in [-0.3, -0.25) is 0 Å². The highest BCUT2D eigenvalue weighted by atomic mass is 16.5. The van der Waals surface area contributed by atoms with E-state index in [9.17, 15) is 0 Å². The number of nitrogens with zero attached hydrogens (tertiary/aromatic N) is 2. The number of anilines is 1. The normalized spacial score (nSPS) is 10.5. The van der Waals surface area contributed by atoms with Crippen molar-refractivity contribution in [1.82, 2.24) is 9.97 Å². The van der Waals surface area contributed by atoms with Crippen LogP contribution in [0.4, 0.5) is 5.95 Å². The summed E-state index contributed by atoms with van der Waals surface area (Å²) in [6, 6.07) is 11.7. The van der Waals surface area contributed by atoms with Crippen LogP contribution in [-0.2, 0) is 6.54 Å². The lowest BCUT2D eigenvalue weighted by molar-refractivity contribution is 0.324. The second-order valence-corrected chi connectivity index (χ2v) is 5.14. The van der Waals surface area contributed by atoms with Gasteiger partial charge < -0.3 is 19.5 Å². The summed E-state index contributed by atoms with van der Waals surface area (Å²) in [7, 11) is 4.78. The second kappa shape index (κ2) is 7.04. The zero-order valence-corrected chi connectivity index (χ0v) is 13.9. The van der Waals surface area contributed by atoms with Gasteiger partial charge >= 0.3 is 0 Å². The lowest BCUT2D eigenvalue weighted by Gasteiger charge is -2.14. The second-order valence-electron chi connectivity index (χ2n) is 5.14. The standard InChI is InChI=1S/C18H19N3O3/c1-22-15-8-12(9-16(23-2)17(15)24-3)10-19-18-20-11-13-6-4-5-7-14(13)21-18/h4-9,11H,10H2,1-3H3,(H,19,20,21). The summed E-state index contributed by atoms with van der Waals surface area (Å²) in [6.45, 7) is 0.537. The molecule has 0 fully saturated rings. The molecule has 124 valence electrons. The molecule has 0 unspecified atom stereocenters. The lowest BCUT2D eigenvalue weighted by atomic mass is 10.2. The number of methoxy groups -OCH3 is 3. The number of hydrogen-bond donors (Lipinski definition) is 1. The first-order chi connectivity index (χ1) is 11.7. The Morgan fingerprint density at radius 3 is 2.33 bits per heavy atom. The molecule has 0 bridgehead atoms. The molecule has 3 aromatic rings. The molecule has 0 radical (unpaired) electrons. The molecule has 6 heteroatoms. The number of benzene rings is 2. The van der Waals surface area contributed by atoms with Crippen molar-refractivity contribution in [1.29, 1.82) is 0 Å². The van der Waals surface area contributed by atoms with Crippen molar-refractivity contribution in [2.24, 2.45) is 0 Å². The number of nitrogens with one attached hydrogen (secondary N) is 1. The average molecular weight is 325 g/mol. The molecule has 1 aromatic heterocycles. The van der Waals surface area contributed by atoms with Crippen molar-refractivity contribution in [3.63, 3.8) is 0 Å². The van der Waals surface area contributed by atoms with E-state index in [4.69, 9.17) is 14.2 Å². The van der Waals surface area contributed by atoms with Crippen molar-refractivity contribution in [3.05, 3.63) is 48.2 Å². The van der Waals surface area contributed by atoms with E-state index in [0.717, 1.165) is 16.5 Å². The van der Waals surface area contributed by atoms with Gasteiger partial charge in [0.15, 0.2) is 11.5 Å². The van der Waals surface area contributed by atoms with Crippen molar-refractivity contribution in [2.45, 2.75) is 6.54 Å². The first kappa shape index (κ1) is 15.9. The number of hydrogen-bond acceptors (Lipinski definition) is 6. The Morgan fingerprint density at radius 1 is 0.958 bits per heavy atom. The van der Waals surface area contributed by atoms with E-state index in [1.165, 1.54) is 0 Å². The highest BCUT2D eigenvalue weighted by Crippen LogP contribution is 2.38. The largest absolute Gasteiger partial charge is 0.493 e. The topological polar surface area (TPSA) is 65.5 Å². The van der Waals surface area contributed by atoms with E-state index in [1.807, 2.05) is 36.4 Å². The molecule has 2 aromatic carbocycles. The van der Waals surface area contributed by atoms with Gasteiger partial charge in [-0.05, 0) is 23.8 Å². The Kier molecular flexibility index (Phi) is 4.65. The van der Waals surface area contributed by atoms with Crippen LogP contribution in [0, 0.1) is 0 Å². The van der Waals surface area contributed by atoms with Gasteiger partial charge in [-0.2, -0.15) is 0 Å². The van der Waals surface area contributed by atoms with Gasteiger partial charge in [-0.25, -0.2) is 9.97 Å². The third-order valence-corrected chi connectivity index (χ3v) is 3.66. The lowest BCUT2D eigenvalue weighted by Crippen LogP contribution is -2.05. The summed E-state index contributed by atoms with van der Waals surface area (Å²) >= 11 is 0. The van der Waals surface area contributed by atoms with Crippen LogP contribution >= 0.6 is 0 Å². The molecule has 0 aliphatic carbocycles. The van der Waals surface area contributed by atoms with E-state index in [2.05, 4.69) is 15.3 Å². The molecule has 0 aliphatic heterocycles. The Balaban J connectivity index is 1.82. The fourth-order valence-electron chi connectivity index (χ4n) is 2.48. The maximum absolute atomic E-state index is 5.37. The third-order valence-electron chi connectivity index (χ3n) is 3.66. The summed E-state index contributed by atoms with van der Waals surface area (Å²) in [5.74, 6) is 2.38. The van der Waals surface area contributed by atoms with Crippen LogP contribution in [0.5, 0.6) is 17.2 Å². The van der Waals surface area contributed by atoms with Crippen LogP contribution in [0.2, 0.25) is 0 Å². The number of aromatic nitrogens is 2. The Labute approximate surface area is 140 Å². The van der Waals surface area contributed by atoms with Gasteiger partial charge in [-0.1, -0.05) is 18.2 Å². The van der Waals surface area contributed by atoms with Gasteiger partial charge in [0.05, 0.1) is 26.8 Å². The van der Waals surface area contributed by atoms with Crippen LogP contribution in [0.15, 0.2) is 42.6 Å². The summed E-state index contributed by atoms with van der Waals surface area (Å²) in [4.78, 5) is 8.83. The maximum atomic E-state index is 5.37. The molecular weight excluding hydrogens is 306 g/mol. The SMILES string of the molecule is COc1cc(CNc2ncc3ccccc3n2)cc(OC)c1OC. The molecule has 1 heterocycles. The van der Waals surface area contributed by atoms with E-state index in [1.54, 1.807) is 27.5 Å². The molecular formula is C18H19N3O3. The Morgan fingerprint density at radius 2 is 1.67 bits per heavy atom. The van der Waals surface area contributed by atoms with E-state index >= 15 is 0 Å². The van der Waals surface area contributed by atoms with Crippen LogP contribution in [0.1, 0.15) is 5.56 Å². The maximum Gasteiger partial charge on any atom is 0.223 e. The minimum Gasteiger partial charge on any atom is -0.493 e. The van der Waals surface area contributed by atoms with Crippen molar-refractivity contribution in [3.8, 4) is 17.2 Å². The monoisotopic (exact) mass is 325 g/mol. The van der Waals surface area contributed by atoms with Crippen LogP contribution in [0.3, 0.4) is 0 Å². The average Bonchev–Trinajstić information content (AvgIpc) is 2.65. The first-order valence-electron chi connectivity index (χ1n) is 7.49. The summed E-state index contributed by atoms with van der Waals surface area (Å²) in [6.07, 6.45) is 1.81. The highest BCUT2D eigenvalue weighted by Gasteiger charge is 2.13. The van der Waals surface area contributed by atoms with Gasteiger partial charge in [0.25, 0.3) is 0 Å².